The summed E-state index contributed by atoms with van der Waals surface area (Å²) >= 11 is 0. The predicted molar refractivity (Wildman–Crippen MR) is 57.4 cm³/mol. The summed E-state index contributed by atoms with van der Waals surface area (Å²) in [5.74, 6) is -4.07. The lowest BCUT2D eigenvalue weighted by molar-refractivity contribution is -0.157. The number of aliphatic hydroxyl groups is 1. The van der Waals surface area contributed by atoms with Crippen LogP contribution in [0.25, 0.3) is 0 Å². The number of likely N-dealkylation sites (tertiary alicyclic amines) is 1. The van der Waals surface area contributed by atoms with E-state index >= 15 is 0 Å². The van der Waals surface area contributed by atoms with Crippen molar-refractivity contribution in [3.8, 4) is 0 Å². The van der Waals surface area contributed by atoms with Crippen LogP contribution in [-0.2, 0) is 14.4 Å². The lowest BCUT2D eigenvalue weighted by Gasteiger charge is -2.18. The van der Waals surface area contributed by atoms with Crippen LogP contribution in [0.2, 0.25) is 0 Å². The van der Waals surface area contributed by atoms with Crippen molar-refractivity contribution in [3.63, 3.8) is 0 Å². The molecule has 3 N–H and O–H groups in total. The molecule has 1 heterocycles. The third-order valence-electron chi connectivity index (χ3n) is 2.71. The van der Waals surface area contributed by atoms with Crippen LogP contribution in [-0.4, -0.2) is 64.8 Å². The zero-order chi connectivity index (χ0) is 15.5. The van der Waals surface area contributed by atoms with Gasteiger partial charge in [0.1, 0.15) is 6.54 Å². The average Bonchev–Trinajstić information content (AvgIpc) is 2.65. The van der Waals surface area contributed by atoms with Crippen molar-refractivity contribution < 1.29 is 37.8 Å². The van der Waals surface area contributed by atoms with E-state index < -0.39 is 49.1 Å². The SMILES string of the molecule is O=C(NC[C@H](O)C(=O)O)C1CC(=O)N(CC(F)(F)F)C1. The lowest BCUT2D eigenvalue weighted by atomic mass is 10.1. The van der Waals surface area contributed by atoms with Gasteiger partial charge in [0, 0.05) is 13.0 Å². The van der Waals surface area contributed by atoms with E-state index in [1.54, 1.807) is 0 Å². The van der Waals surface area contributed by atoms with Gasteiger partial charge in [-0.1, -0.05) is 0 Å². The maximum absolute atomic E-state index is 12.2. The number of carboxylic acid groups (broad SMARTS) is 1. The van der Waals surface area contributed by atoms with Crippen LogP contribution in [0.1, 0.15) is 6.42 Å². The topological polar surface area (TPSA) is 107 Å². The Balaban J connectivity index is 2.48. The molecule has 1 rings (SSSR count). The molecule has 1 aliphatic rings. The Labute approximate surface area is 111 Å². The number of carboxylic acids is 1. The van der Waals surface area contributed by atoms with E-state index in [0.29, 0.717) is 4.90 Å². The van der Waals surface area contributed by atoms with Crippen LogP contribution >= 0.6 is 0 Å². The first-order valence-electron chi connectivity index (χ1n) is 5.63. The lowest BCUT2D eigenvalue weighted by Crippen LogP contribution is -2.41. The normalized spacial score (nSPS) is 20.9. The Morgan fingerprint density at radius 1 is 1.45 bits per heavy atom. The maximum Gasteiger partial charge on any atom is 0.406 e. The molecule has 7 nitrogen and oxygen atoms in total. The van der Waals surface area contributed by atoms with Gasteiger partial charge in [0.2, 0.25) is 11.8 Å². The second-order valence-electron chi connectivity index (χ2n) is 4.39. The van der Waals surface area contributed by atoms with Gasteiger partial charge < -0.3 is 20.4 Å². The number of amides is 2. The molecule has 0 aromatic rings. The minimum absolute atomic E-state index is 0.370. The average molecular weight is 298 g/mol. The summed E-state index contributed by atoms with van der Waals surface area (Å²) in [6, 6.07) is 0. The van der Waals surface area contributed by atoms with Crippen LogP contribution in [0.15, 0.2) is 0 Å². The standard InChI is InChI=1S/C10H13F3N2O5/c11-10(12,13)4-15-3-5(1-7(15)17)8(18)14-2-6(16)9(19)20/h5-6,16H,1-4H2,(H,14,18)(H,19,20)/t5?,6-/m0/s1. The number of hydrogen-bond acceptors (Lipinski definition) is 4. The van der Waals surface area contributed by atoms with Gasteiger partial charge in [0.15, 0.2) is 6.10 Å². The van der Waals surface area contributed by atoms with Gasteiger partial charge in [-0.2, -0.15) is 13.2 Å². The Kier molecular flexibility index (Phi) is 4.93. The molecule has 20 heavy (non-hydrogen) atoms. The first-order chi connectivity index (χ1) is 9.10. The molecule has 1 saturated heterocycles. The van der Waals surface area contributed by atoms with E-state index in [2.05, 4.69) is 5.32 Å². The van der Waals surface area contributed by atoms with Gasteiger partial charge in [-0.3, -0.25) is 9.59 Å². The third kappa shape index (κ3) is 4.68. The molecule has 10 heteroatoms. The van der Waals surface area contributed by atoms with Crippen LogP contribution in [0, 0.1) is 5.92 Å². The minimum Gasteiger partial charge on any atom is -0.479 e. The molecule has 1 unspecified atom stereocenters. The summed E-state index contributed by atoms with van der Waals surface area (Å²) in [5, 5.41) is 19.4. The number of carbonyl (C=O) groups excluding carboxylic acids is 2. The number of alkyl halides is 3. The highest BCUT2D eigenvalue weighted by atomic mass is 19.4. The minimum atomic E-state index is -4.54. The fourth-order valence-electron chi connectivity index (χ4n) is 1.75. The van der Waals surface area contributed by atoms with Crippen molar-refractivity contribution in [1.82, 2.24) is 10.2 Å². The smallest absolute Gasteiger partial charge is 0.406 e. The Hall–Kier alpha value is -1.84. The summed E-state index contributed by atoms with van der Waals surface area (Å²) in [5.41, 5.74) is 0. The fourth-order valence-corrected chi connectivity index (χ4v) is 1.75. The summed E-state index contributed by atoms with van der Waals surface area (Å²) < 4.78 is 36.5. The predicted octanol–water partition coefficient (Wildman–Crippen LogP) is -1.04. The molecular weight excluding hydrogens is 285 g/mol. The van der Waals surface area contributed by atoms with Gasteiger partial charge in [0.05, 0.1) is 12.5 Å². The molecule has 0 aliphatic carbocycles. The van der Waals surface area contributed by atoms with Crippen LogP contribution in [0.5, 0.6) is 0 Å². The van der Waals surface area contributed by atoms with Crippen LogP contribution in [0.3, 0.4) is 0 Å². The van der Waals surface area contributed by atoms with Crippen LogP contribution < -0.4 is 5.32 Å². The summed E-state index contributed by atoms with van der Waals surface area (Å²) in [6.07, 6.45) is -6.71. The highest BCUT2D eigenvalue weighted by molar-refractivity contribution is 5.89. The number of aliphatic carboxylic acids is 1. The molecule has 1 aliphatic heterocycles. The number of nitrogens with zero attached hydrogens (tertiary/aromatic N) is 1. The van der Waals surface area contributed by atoms with Crippen molar-refractivity contribution in [2.45, 2.75) is 18.7 Å². The van der Waals surface area contributed by atoms with Crippen LogP contribution in [0.4, 0.5) is 13.2 Å². The first kappa shape index (κ1) is 16.2. The Morgan fingerprint density at radius 2 is 2.05 bits per heavy atom. The Bertz CT molecular complexity index is 412. The van der Waals surface area contributed by atoms with E-state index in [0.717, 1.165) is 0 Å². The number of nitrogens with one attached hydrogen (secondary N) is 1. The first-order valence-corrected chi connectivity index (χ1v) is 5.63. The zero-order valence-electron chi connectivity index (χ0n) is 10.2. The van der Waals surface area contributed by atoms with Crippen molar-refractivity contribution in [3.05, 3.63) is 0 Å². The molecule has 2 amide bonds. The number of aliphatic hydroxyl groups excluding tert-OH is 1. The number of hydrogen-bond donors (Lipinski definition) is 3. The third-order valence-corrected chi connectivity index (χ3v) is 2.71. The summed E-state index contributed by atoms with van der Waals surface area (Å²) in [6.45, 7) is -2.38. The highest BCUT2D eigenvalue weighted by Crippen LogP contribution is 2.23. The monoisotopic (exact) mass is 298 g/mol. The van der Waals surface area contributed by atoms with Gasteiger partial charge >= 0.3 is 12.1 Å². The summed E-state index contributed by atoms with van der Waals surface area (Å²) in [4.78, 5) is 33.7. The van der Waals surface area contributed by atoms with Crippen molar-refractivity contribution >= 4 is 17.8 Å². The number of carbonyl (C=O) groups is 3. The Morgan fingerprint density at radius 3 is 2.55 bits per heavy atom. The fraction of sp³-hybridized carbons (Fsp3) is 0.700. The van der Waals surface area contributed by atoms with Gasteiger partial charge in [-0.25, -0.2) is 4.79 Å². The molecule has 114 valence electrons. The molecule has 2 atom stereocenters. The summed E-state index contributed by atoms with van der Waals surface area (Å²) in [7, 11) is 0. The second-order valence-corrected chi connectivity index (χ2v) is 4.39. The molecule has 0 spiro atoms. The van der Waals surface area contributed by atoms with Crippen molar-refractivity contribution in [1.29, 1.82) is 0 Å². The molecule has 0 saturated carbocycles. The largest absolute Gasteiger partial charge is 0.479 e. The number of rotatable bonds is 5. The molecule has 1 fully saturated rings. The van der Waals surface area contributed by atoms with Crippen molar-refractivity contribution in [2.24, 2.45) is 5.92 Å². The molecule has 0 radical (unpaired) electrons. The number of halogens is 3. The maximum atomic E-state index is 12.2. The molecular formula is C10H13F3N2O5. The molecule has 0 aromatic carbocycles. The molecule has 0 bridgehead atoms. The van der Waals surface area contributed by atoms with E-state index in [1.165, 1.54) is 0 Å². The zero-order valence-corrected chi connectivity index (χ0v) is 10.2. The quantitative estimate of drug-likeness (QED) is 0.601. The van der Waals surface area contributed by atoms with Crippen molar-refractivity contribution in [2.75, 3.05) is 19.6 Å². The second kappa shape index (κ2) is 6.07. The molecule has 0 aromatic heterocycles. The highest BCUT2D eigenvalue weighted by Gasteiger charge is 2.40. The van der Waals surface area contributed by atoms with E-state index in [4.69, 9.17) is 10.2 Å². The van der Waals surface area contributed by atoms with Gasteiger partial charge in [-0.05, 0) is 0 Å². The van der Waals surface area contributed by atoms with E-state index in [9.17, 15) is 27.6 Å². The van der Waals surface area contributed by atoms with E-state index in [-0.39, 0.29) is 13.0 Å². The van der Waals surface area contributed by atoms with Gasteiger partial charge in [-0.15, -0.1) is 0 Å². The van der Waals surface area contributed by atoms with E-state index in [1.807, 2.05) is 0 Å². The van der Waals surface area contributed by atoms with Gasteiger partial charge in [0.25, 0.3) is 0 Å².